The van der Waals surface area contributed by atoms with Crippen LogP contribution in [0, 0.1) is 0 Å². The van der Waals surface area contributed by atoms with Gasteiger partial charge in [-0.15, -0.1) is 0 Å². The molecule has 0 radical (unpaired) electrons. The number of nitrogens with two attached hydrogens (primary N) is 4. The second kappa shape index (κ2) is 19.9. The Morgan fingerprint density at radius 3 is 0.731 bits per heavy atom. The summed E-state index contributed by atoms with van der Waals surface area (Å²) in [7, 11) is 0. The van der Waals surface area contributed by atoms with E-state index in [-0.39, 0.29) is 11.9 Å². The van der Waals surface area contributed by atoms with Gasteiger partial charge < -0.3 is 22.9 Å². The lowest BCUT2D eigenvalue weighted by atomic mass is 10.0. The van der Waals surface area contributed by atoms with E-state index in [1.54, 1.807) is 0 Å². The van der Waals surface area contributed by atoms with Crippen LogP contribution >= 0.6 is 0 Å². The fourth-order valence-electron chi connectivity index (χ4n) is 3.11. The number of guanidine groups is 2. The van der Waals surface area contributed by atoms with E-state index in [4.69, 9.17) is 22.9 Å². The number of unbranched alkanes of at least 4 members (excludes halogenated alkanes) is 15. The van der Waals surface area contributed by atoms with Crippen molar-refractivity contribution in [2.75, 3.05) is 13.1 Å². The predicted octanol–water partition coefficient (Wildman–Crippen LogP) is 3.77. The van der Waals surface area contributed by atoms with E-state index < -0.39 is 0 Å². The van der Waals surface area contributed by atoms with Gasteiger partial charge in [-0.1, -0.05) is 89.9 Å². The number of rotatable bonds is 19. The van der Waals surface area contributed by atoms with Gasteiger partial charge in [0.1, 0.15) is 0 Å². The minimum absolute atomic E-state index is 0.213. The summed E-state index contributed by atoms with van der Waals surface area (Å²) in [6, 6.07) is 0. The van der Waals surface area contributed by atoms with Crippen LogP contribution in [0.25, 0.3) is 0 Å². The van der Waals surface area contributed by atoms with E-state index >= 15 is 0 Å². The smallest absolute Gasteiger partial charge is 0.185 e. The Hall–Kier alpha value is -1.46. The topological polar surface area (TPSA) is 129 Å². The van der Waals surface area contributed by atoms with Crippen LogP contribution in [0.5, 0.6) is 0 Å². The third-order valence-electron chi connectivity index (χ3n) is 4.65. The fourth-order valence-corrected chi connectivity index (χ4v) is 3.11. The fraction of sp³-hybridized carbons (Fsp3) is 0.900. The Morgan fingerprint density at radius 2 is 0.538 bits per heavy atom. The van der Waals surface area contributed by atoms with Crippen LogP contribution in [0.1, 0.15) is 103 Å². The first-order valence-corrected chi connectivity index (χ1v) is 10.7. The summed E-state index contributed by atoms with van der Waals surface area (Å²) in [5, 5.41) is 0. The maximum absolute atomic E-state index is 5.29. The van der Waals surface area contributed by atoms with E-state index in [2.05, 4.69) is 9.98 Å². The lowest BCUT2D eigenvalue weighted by Crippen LogP contribution is -2.22. The Morgan fingerprint density at radius 1 is 0.346 bits per heavy atom. The van der Waals surface area contributed by atoms with E-state index in [9.17, 15) is 0 Å². The van der Waals surface area contributed by atoms with Crippen molar-refractivity contribution in [3.05, 3.63) is 0 Å². The summed E-state index contributed by atoms with van der Waals surface area (Å²) in [5.41, 5.74) is 21.2. The highest BCUT2D eigenvalue weighted by atomic mass is 15.0. The monoisotopic (exact) mass is 368 g/mol. The molecule has 0 saturated heterocycles. The number of hydrogen-bond acceptors (Lipinski definition) is 2. The maximum atomic E-state index is 5.29. The van der Waals surface area contributed by atoms with E-state index in [1.165, 1.54) is 89.9 Å². The summed E-state index contributed by atoms with van der Waals surface area (Å²) in [5.74, 6) is 0.425. The highest BCUT2D eigenvalue weighted by molar-refractivity contribution is 5.75. The van der Waals surface area contributed by atoms with Gasteiger partial charge in [-0.2, -0.15) is 0 Å². The predicted molar refractivity (Wildman–Crippen MR) is 115 cm³/mol. The van der Waals surface area contributed by atoms with Crippen molar-refractivity contribution in [2.24, 2.45) is 32.9 Å². The molecule has 0 aliphatic heterocycles. The molecule has 6 nitrogen and oxygen atoms in total. The molecule has 0 amide bonds. The van der Waals surface area contributed by atoms with Crippen molar-refractivity contribution < 1.29 is 0 Å². The molecule has 0 aromatic heterocycles. The lowest BCUT2D eigenvalue weighted by Gasteiger charge is -2.03. The van der Waals surface area contributed by atoms with Crippen molar-refractivity contribution in [3.8, 4) is 0 Å². The average Bonchev–Trinajstić information content (AvgIpc) is 2.59. The molecule has 0 rings (SSSR count). The van der Waals surface area contributed by atoms with Gasteiger partial charge >= 0.3 is 0 Å². The largest absolute Gasteiger partial charge is 0.370 e. The molecule has 154 valence electrons. The molecule has 0 bridgehead atoms. The van der Waals surface area contributed by atoms with Crippen LogP contribution in [-0.4, -0.2) is 25.0 Å². The van der Waals surface area contributed by atoms with Gasteiger partial charge in [-0.3, -0.25) is 9.98 Å². The minimum Gasteiger partial charge on any atom is -0.370 e. The Balaban J connectivity index is 3.05. The van der Waals surface area contributed by atoms with Gasteiger partial charge in [0, 0.05) is 13.1 Å². The van der Waals surface area contributed by atoms with Crippen LogP contribution in [0.4, 0.5) is 0 Å². The van der Waals surface area contributed by atoms with Crippen LogP contribution < -0.4 is 22.9 Å². The third-order valence-corrected chi connectivity index (χ3v) is 4.65. The molecule has 0 heterocycles. The molecule has 0 saturated carbocycles. The first-order valence-electron chi connectivity index (χ1n) is 10.7. The molecule has 0 fully saturated rings. The number of aliphatic imine (C=N–C) groups is 2. The average molecular weight is 369 g/mol. The summed E-state index contributed by atoms with van der Waals surface area (Å²) in [4.78, 5) is 8.00. The summed E-state index contributed by atoms with van der Waals surface area (Å²) >= 11 is 0. The van der Waals surface area contributed by atoms with Crippen molar-refractivity contribution in [1.82, 2.24) is 0 Å². The first kappa shape index (κ1) is 24.5. The molecule has 0 atom stereocenters. The number of nitrogens with zero attached hydrogens (tertiary/aromatic N) is 2. The molecular formula is C20H44N6. The third kappa shape index (κ3) is 22.5. The molecule has 0 aliphatic carbocycles. The van der Waals surface area contributed by atoms with E-state index in [0.717, 1.165) is 25.9 Å². The lowest BCUT2D eigenvalue weighted by molar-refractivity contribution is 0.529. The zero-order chi connectivity index (χ0) is 19.3. The zero-order valence-corrected chi connectivity index (χ0v) is 16.9. The molecule has 6 heteroatoms. The Bertz CT molecular complexity index is 312. The van der Waals surface area contributed by atoms with Crippen LogP contribution in [-0.2, 0) is 0 Å². The van der Waals surface area contributed by atoms with Crippen molar-refractivity contribution in [1.29, 1.82) is 0 Å². The second-order valence-corrected chi connectivity index (χ2v) is 7.27. The zero-order valence-electron chi connectivity index (χ0n) is 16.9. The first-order chi connectivity index (χ1) is 12.6. The molecule has 0 spiro atoms. The molecule has 0 aliphatic rings. The molecular weight excluding hydrogens is 324 g/mol. The molecule has 0 unspecified atom stereocenters. The quantitative estimate of drug-likeness (QED) is 0.157. The van der Waals surface area contributed by atoms with E-state index in [0.29, 0.717) is 0 Å². The van der Waals surface area contributed by atoms with Crippen molar-refractivity contribution in [3.63, 3.8) is 0 Å². The SMILES string of the molecule is NC(N)=NCCCCCCCCCCCCCCCCCCN=C(N)N. The van der Waals surface area contributed by atoms with Gasteiger partial charge in [0.2, 0.25) is 0 Å². The molecule has 8 N–H and O–H groups in total. The Kier molecular flexibility index (Phi) is 18.7. The minimum atomic E-state index is 0.213. The normalized spacial score (nSPS) is 10.6. The van der Waals surface area contributed by atoms with Gasteiger partial charge in [-0.05, 0) is 12.8 Å². The highest BCUT2D eigenvalue weighted by Crippen LogP contribution is 2.13. The van der Waals surface area contributed by atoms with Gasteiger partial charge in [0.05, 0.1) is 0 Å². The summed E-state index contributed by atoms with van der Waals surface area (Å²) < 4.78 is 0. The van der Waals surface area contributed by atoms with Crippen LogP contribution in [0.2, 0.25) is 0 Å². The van der Waals surface area contributed by atoms with Crippen molar-refractivity contribution in [2.45, 2.75) is 103 Å². The van der Waals surface area contributed by atoms with Gasteiger partial charge in [0.25, 0.3) is 0 Å². The highest BCUT2D eigenvalue weighted by Gasteiger charge is 1.95. The maximum Gasteiger partial charge on any atom is 0.185 e. The van der Waals surface area contributed by atoms with Gasteiger partial charge in [0.15, 0.2) is 11.9 Å². The standard InChI is InChI=1S/C20H44N6/c21-19(22)25-17-15-13-11-9-7-5-3-1-2-4-6-8-10-12-14-16-18-26-20(23)24/h1-18H2,(H4,21,22,25)(H4,23,24,26). The molecule has 0 aromatic carbocycles. The van der Waals surface area contributed by atoms with Crippen LogP contribution in [0.3, 0.4) is 0 Å². The van der Waals surface area contributed by atoms with Gasteiger partial charge in [-0.25, -0.2) is 0 Å². The Labute approximate surface area is 161 Å². The second-order valence-electron chi connectivity index (χ2n) is 7.27. The van der Waals surface area contributed by atoms with Crippen molar-refractivity contribution >= 4 is 11.9 Å². The van der Waals surface area contributed by atoms with Crippen LogP contribution in [0.15, 0.2) is 9.98 Å². The van der Waals surface area contributed by atoms with E-state index in [1.807, 2.05) is 0 Å². The number of hydrogen-bond donors (Lipinski definition) is 4. The summed E-state index contributed by atoms with van der Waals surface area (Å²) in [6.45, 7) is 1.56. The summed E-state index contributed by atoms with van der Waals surface area (Å²) in [6.07, 6.45) is 21.2. The molecule has 0 aromatic rings. The molecule has 26 heavy (non-hydrogen) atoms.